The van der Waals surface area contributed by atoms with E-state index in [0.717, 1.165) is 6.42 Å². The molecule has 0 aromatic heterocycles. The van der Waals surface area contributed by atoms with Crippen LogP contribution in [-0.4, -0.2) is 4.83 Å². The first-order valence-electron chi connectivity index (χ1n) is 3.85. The zero-order valence-electron chi connectivity index (χ0n) is 6.78. The third-order valence-corrected chi connectivity index (χ3v) is 2.54. The van der Waals surface area contributed by atoms with E-state index < -0.39 is 0 Å². The highest BCUT2D eigenvalue weighted by Crippen LogP contribution is 2.12. The molecule has 0 spiro atoms. The predicted molar refractivity (Wildman–Crippen MR) is 50.3 cm³/mol. The second-order valence-electron chi connectivity index (χ2n) is 2.32. The van der Waals surface area contributed by atoms with Gasteiger partial charge in [-0.25, -0.2) is 0 Å². The summed E-state index contributed by atoms with van der Waals surface area (Å²) in [7, 11) is 0. The van der Waals surface area contributed by atoms with Gasteiger partial charge >= 0.3 is 0 Å². The predicted octanol–water partition coefficient (Wildman–Crippen LogP) is 3.35. The SMILES string of the molecule is CC#CCCCC(Br)CC. The van der Waals surface area contributed by atoms with Crippen LogP contribution in [0.5, 0.6) is 0 Å². The van der Waals surface area contributed by atoms with Crippen LogP contribution in [0, 0.1) is 11.8 Å². The number of hydrogen-bond donors (Lipinski definition) is 0. The Labute approximate surface area is 72.5 Å². The van der Waals surface area contributed by atoms with Gasteiger partial charge in [-0.1, -0.05) is 22.9 Å². The fraction of sp³-hybridized carbons (Fsp3) is 0.778. The molecular formula is C9H15Br. The molecule has 1 atom stereocenters. The summed E-state index contributed by atoms with van der Waals surface area (Å²) in [5, 5.41) is 0. The summed E-state index contributed by atoms with van der Waals surface area (Å²) in [6.45, 7) is 4.09. The maximum Gasteiger partial charge on any atom is 0.0143 e. The number of unbranched alkanes of at least 4 members (excludes halogenated alkanes) is 1. The van der Waals surface area contributed by atoms with Crippen molar-refractivity contribution in [3.05, 3.63) is 0 Å². The normalized spacial score (nSPS) is 11.9. The molecule has 1 heteroatoms. The maximum atomic E-state index is 3.58. The lowest BCUT2D eigenvalue weighted by molar-refractivity contribution is 0.704. The molecule has 0 bridgehead atoms. The zero-order chi connectivity index (χ0) is 7.82. The average Bonchev–Trinajstić information content (AvgIpc) is 1.98. The van der Waals surface area contributed by atoms with Gasteiger partial charge in [0.1, 0.15) is 0 Å². The van der Waals surface area contributed by atoms with Crippen molar-refractivity contribution in [2.75, 3.05) is 0 Å². The molecule has 0 aliphatic rings. The lowest BCUT2D eigenvalue weighted by atomic mass is 10.1. The van der Waals surface area contributed by atoms with Gasteiger partial charge in [-0.2, -0.15) is 0 Å². The molecule has 0 heterocycles. The summed E-state index contributed by atoms with van der Waals surface area (Å²) in [6, 6.07) is 0. The van der Waals surface area contributed by atoms with Crippen molar-refractivity contribution in [2.45, 2.75) is 44.4 Å². The van der Waals surface area contributed by atoms with Gasteiger partial charge in [-0.15, -0.1) is 11.8 Å². The lowest BCUT2D eigenvalue weighted by Crippen LogP contribution is -1.93. The Morgan fingerprint density at radius 2 is 2.20 bits per heavy atom. The van der Waals surface area contributed by atoms with E-state index in [9.17, 15) is 0 Å². The third kappa shape index (κ3) is 6.16. The largest absolute Gasteiger partial charge is 0.107 e. The van der Waals surface area contributed by atoms with Crippen LogP contribution in [0.2, 0.25) is 0 Å². The van der Waals surface area contributed by atoms with E-state index in [1.807, 2.05) is 6.92 Å². The van der Waals surface area contributed by atoms with E-state index in [0.29, 0.717) is 4.83 Å². The molecule has 0 aromatic rings. The fourth-order valence-corrected chi connectivity index (χ4v) is 1.06. The second kappa shape index (κ2) is 7.15. The van der Waals surface area contributed by atoms with Crippen molar-refractivity contribution in [1.82, 2.24) is 0 Å². The molecule has 1 unspecified atom stereocenters. The number of hydrogen-bond acceptors (Lipinski definition) is 0. The lowest BCUT2D eigenvalue weighted by Gasteiger charge is -2.02. The van der Waals surface area contributed by atoms with Gasteiger partial charge in [0, 0.05) is 11.2 Å². The first-order valence-corrected chi connectivity index (χ1v) is 4.76. The number of alkyl halides is 1. The Bertz CT molecular complexity index is 118. The topological polar surface area (TPSA) is 0 Å². The summed E-state index contributed by atoms with van der Waals surface area (Å²) in [5.41, 5.74) is 0. The van der Waals surface area contributed by atoms with Crippen molar-refractivity contribution >= 4 is 15.9 Å². The van der Waals surface area contributed by atoms with E-state index in [4.69, 9.17) is 0 Å². The molecule has 58 valence electrons. The minimum Gasteiger partial charge on any atom is -0.107 e. The molecule has 0 saturated heterocycles. The van der Waals surface area contributed by atoms with Gasteiger partial charge in [0.05, 0.1) is 0 Å². The summed E-state index contributed by atoms with van der Waals surface area (Å²) in [4.78, 5) is 0.700. The van der Waals surface area contributed by atoms with Crippen molar-refractivity contribution < 1.29 is 0 Å². The Morgan fingerprint density at radius 1 is 1.50 bits per heavy atom. The van der Waals surface area contributed by atoms with Crippen molar-refractivity contribution in [2.24, 2.45) is 0 Å². The van der Waals surface area contributed by atoms with E-state index in [2.05, 4.69) is 34.7 Å². The van der Waals surface area contributed by atoms with Crippen molar-refractivity contribution in [3.8, 4) is 11.8 Å². The van der Waals surface area contributed by atoms with Crippen LogP contribution in [0.25, 0.3) is 0 Å². The van der Waals surface area contributed by atoms with Crippen LogP contribution >= 0.6 is 15.9 Å². The van der Waals surface area contributed by atoms with Crippen molar-refractivity contribution in [1.29, 1.82) is 0 Å². The van der Waals surface area contributed by atoms with E-state index in [1.165, 1.54) is 19.3 Å². The molecule has 0 aliphatic heterocycles. The smallest absolute Gasteiger partial charge is 0.0143 e. The molecule has 10 heavy (non-hydrogen) atoms. The van der Waals surface area contributed by atoms with Crippen LogP contribution in [0.4, 0.5) is 0 Å². The molecule has 0 saturated carbocycles. The minimum atomic E-state index is 0.700. The van der Waals surface area contributed by atoms with Gasteiger partial charge in [0.2, 0.25) is 0 Å². The van der Waals surface area contributed by atoms with Gasteiger partial charge in [-0.05, 0) is 26.2 Å². The zero-order valence-corrected chi connectivity index (χ0v) is 8.37. The molecule has 0 fully saturated rings. The Balaban J connectivity index is 3.08. The molecule has 0 nitrogen and oxygen atoms in total. The molecule has 0 N–H and O–H groups in total. The molecule has 0 aromatic carbocycles. The Kier molecular flexibility index (Phi) is 7.18. The van der Waals surface area contributed by atoms with E-state index in [1.54, 1.807) is 0 Å². The van der Waals surface area contributed by atoms with Crippen molar-refractivity contribution in [3.63, 3.8) is 0 Å². The molecule has 0 aliphatic carbocycles. The first kappa shape index (κ1) is 10.0. The average molecular weight is 203 g/mol. The highest BCUT2D eigenvalue weighted by molar-refractivity contribution is 9.09. The highest BCUT2D eigenvalue weighted by Gasteiger charge is 1.97. The van der Waals surface area contributed by atoms with Gasteiger partial charge in [0.25, 0.3) is 0 Å². The number of rotatable bonds is 4. The minimum absolute atomic E-state index is 0.700. The molecule has 0 radical (unpaired) electrons. The van der Waals surface area contributed by atoms with Crippen LogP contribution in [0.15, 0.2) is 0 Å². The first-order chi connectivity index (χ1) is 4.81. The standard InChI is InChI=1S/C9H15Br/c1-3-5-6-7-8-9(10)4-2/h9H,4,6-8H2,1-2H3. The van der Waals surface area contributed by atoms with Gasteiger partial charge < -0.3 is 0 Å². The summed E-state index contributed by atoms with van der Waals surface area (Å²) < 4.78 is 0. The summed E-state index contributed by atoms with van der Waals surface area (Å²) >= 11 is 3.58. The third-order valence-electron chi connectivity index (χ3n) is 1.44. The van der Waals surface area contributed by atoms with Gasteiger partial charge in [0.15, 0.2) is 0 Å². The highest BCUT2D eigenvalue weighted by atomic mass is 79.9. The van der Waals surface area contributed by atoms with Crippen LogP contribution in [0.3, 0.4) is 0 Å². The Morgan fingerprint density at radius 3 is 2.70 bits per heavy atom. The van der Waals surface area contributed by atoms with E-state index >= 15 is 0 Å². The maximum absolute atomic E-state index is 3.58. The number of halogens is 1. The Hall–Kier alpha value is 0.0400. The summed E-state index contributed by atoms with van der Waals surface area (Å²) in [5.74, 6) is 5.95. The monoisotopic (exact) mass is 202 g/mol. The van der Waals surface area contributed by atoms with E-state index in [-0.39, 0.29) is 0 Å². The summed E-state index contributed by atoms with van der Waals surface area (Å²) in [6.07, 6.45) is 4.76. The van der Waals surface area contributed by atoms with Gasteiger partial charge in [-0.3, -0.25) is 0 Å². The molecule has 0 rings (SSSR count). The van der Waals surface area contributed by atoms with Crippen LogP contribution < -0.4 is 0 Å². The fourth-order valence-electron chi connectivity index (χ4n) is 0.741. The van der Waals surface area contributed by atoms with Crippen LogP contribution in [0.1, 0.15) is 39.5 Å². The second-order valence-corrected chi connectivity index (χ2v) is 3.62. The quantitative estimate of drug-likeness (QED) is 0.373. The van der Waals surface area contributed by atoms with Crippen LogP contribution in [-0.2, 0) is 0 Å². The molecule has 0 amide bonds. The molecular weight excluding hydrogens is 188 g/mol.